The third-order valence-electron chi connectivity index (χ3n) is 3.77. The Bertz CT molecular complexity index is 459. The van der Waals surface area contributed by atoms with Crippen LogP contribution >= 0.6 is 0 Å². The quantitative estimate of drug-likeness (QED) is 0.236. The molecule has 0 spiro atoms. The van der Waals surface area contributed by atoms with E-state index >= 15 is 0 Å². The molecule has 28 heavy (non-hydrogen) atoms. The minimum atomic E-state index is -1.13. The lowest BCUT2D eigenvalue weighted by Gasteiger charge is -2.20. The van der Waals surface area contributed by atoms with Gasteiger partial charge >= 0.3 is 0 Å². The van der Waals surface area contributed by atoms with Crippen LogP contribution in [0, 0.1) is 36.3 Å². The number of nitro groups is 3. The van der Waals surface area contributed by atoms with Crippen LogP contribution in [0.5, 0.6) is 0 Å². The summed E-state index contributed by atoms with van der Waals surface area (Å²) in [5.74, 6) is -0.376. The van der Waals surface area contributed by atoms with Crippen LogP contribution in [0.3, 0.4) is 0 Å². The van der Waals surface area contributed by atoms with Crippen molar-refractivity contribution in [2.24, 2.45) is 5.92 Å². The number of aliphatic hydroxyl groups is 1. The van der Waals surface area contributed by atoms with Crippen molar-refractivity contribution in [3.63, 3.8) is 0 Å². The van der Waals surface area contributed by atoms with E-state index in [2.05, 4.69) is 0 Å². The van der Waals surface area contributed by atoms with Gasteiger partial charge in [-0.05, 0) is 19.4 Å². The first-order valence-corrected chi connectivity index (χ1v) is 9.16. The predicted molar refractivity (Wildman–Crippen MR) is 105 cm³/mol. The van der Waals surface area contributed by atoms with Gasteiger partial charge in [0.1, 0.15) is 12.4 Å². The van der Waals surface area contributed by atoms with Crippen LogP contribution < -0.4 is 0 Å². The highest BCUT2D eigenvalue weighted by Gasteiger charge is 2.34. The zero-order valence-electron chi connectivity index (χ0n) is 17.2. The molecule has 0 radical (unpaired) electrons. The van der Waals surface area contributed by atoms with E-state index in [-0.39, 0.29) is 35.2 Å². The molecule has 0 aromatic rings. The summed E-state index contributed by atoms with van der Waals surface area (Å²) in [7, 11) is 0. The molecule has 0 fully saturated rings. The van der Waals surface area contributed by atoms with Gasteiger partial charge in [-0.3, -0.25) is 35.1 Å². The number of aldehydes is 1. The zero-order valence-corrected chi connectivity index (χ0v) is 17.2. The average molecular weight is 407 g/mol. The van der Waals surface area contributed by atoms with Crippen molar-refractivity contribution in [2.45, 2.75) is 78.5 Å². The number of nitrogens with zero attached hydrogens (tertiary/aromatic N) is 3. The van der Waals surface area contributed by atoms with Crippen LogP contribution in [0.15, 0.2) is 12.2 Å². The maximum absolute atomic E-state index is 10.7. The van der Waals surface area contributed by atoms with E-state index in [1.807, 2.05) is 0 Å². The molecular formula is C17H33N3O8. The fourth-order valence-corrected chi connectivity index (χ4v) is 2.28. The van der Waals surface area contributed by atoms with Gasteiger partial charge in [0, 0.05) is 40.0 Å². The smallest absolute Gasteiger partial charge is 0.238 e. The summed E-state index contributed by atoms with van der Waals surface area (Å²) in [6.45, 7) is 8.64. The highest BCUT2D eigenvalue weighted by atomic mass is 16.6. The number of hydrogen-bond acceptors (Lipinski definition) is 8. The van der Waals surface area contributed by atoms with E-state index in [9.17, 15) is 40.2 Å². The minimum absolute atomic E-state index is 0.0823. The van der Waals surface area contributed by atoms with Gasteiger partial charge in [-0.25, -0.2) is 0 Å². The lowest BCUT2D eigenvalue weighted by atomic mass is 9.91. The van der Waals surface area contributed by atoms with Crippen molar-refractivity contribution in [1.29, 1.82) is 0 Å². The second kappa shape index (κ2) is 19.3. The molecule has 0 aromatic carbocycles. The van der Waals surface area contributed by atoms with Gasteiger partial charge in [-0.1, -0.05) is 33.8 Å². The Morgan fingerprint density at radius 3 is 1.61 bits per heavy atom. The topological polar surface area (TPSA) is 167 Å². The lowest BCUT2D eigenvalue weighted by molar-refractivity contribution is -0.541. The third-order valence-corrected chi connectivity index (χ3v) is 3.77. The first kappa shape index (κ1) is 30.3. The van der Waals surface area contributed by atoms with Gasteiger partial charge in [0.2, 0.25) is 18.6 Å². The molecule has 0 amide bonds. The molecule has 0 bridgehead atoms. The monoisotopic (exact) mass is 407 g/mol. The summed E-state index contributed by atoms with van der Waals surface area (Å²) in [5, 5.41) is 40.5. The summed E-state index contributed by atoms with van der Waals surface area (Å²) >= 11 is 0. The van der Waals surface area contributed by atoms with Gasteiger partial charge < -0.3 is 5.11 Å². The molecule has 4 unspecified atom stereocenters. The second-order valence-electron chi connectivity index (χ2n) is 6.02. The minimum Gasteiger partial charge on any atom is -0.386 e. The summed E-state index contributed by atoms with van der Waals surface area (Å²) < 4.78 is 0. The van der Waals surface area contributed by atoms with Crippen LogP contribution in [0.25, 0.3) is 0 Å². The van der Waals surface area contributed by atoms with Crippen LogP contribution in [0.4, 0.5) is 0 Å². The molecule has 164 valence electrons. The summed E-state index contributed by atoms with van der Waals surface area (Å²) in [6, 6.07) is -1.80. The largest absolute Gasteiger partial charge is 0.386 e. The summed E-state index contributed by atoms with van der Waals surface area (Å²) in [5.41, 5.74) is 0. The number of carbonyl (C=O) groups is 1. The van der Waals surface area contributed by atoms with Gasteiger partial charge in [-0.2, -0.15) is 0 Å². The number of allylic oxidation sites excluding steroid dienone is 2. The van der Waals surface area contributed by atoms with E-state index in [1.54, 1.807) is 40.7 Å². The Morgan fingerprint density at radius 2 is 1.43 bits per heavy atom. The number of aliphatic hydroxyl groups excluding tert-OH is 1. The van der Waals surface area contributed by atoms with Gasteiger partial charge in [0.15, 0.2) is 0 Å². The predicted octanol–water partition coefficient (Wildman–Crippen LogP) is 2.92. The van der Waals surface area contributed by atoms with Crippen LogP contribution in [0.2, 0.25) is 0 Å². The number of rotatable bonds is 11. The fourth-order valence-electron chi connectivity index (χ4n) is 2.28. The maximum Gasteiger partial charge on any atom is 0.238 e. The van der Waals surface area contributed by atoms with Crippen molar-refractivity contribution in [2.75, 3.05) is 6.54 Å². The first-order chi connectivity index (χ1) is 13.0. The lowest BCUT2D eigenvalue weighted by Crippen LogP contribution is -2.37. The number of hydrogen-bond donors (Lipinski definition) is 1. The van der Waals surface area contributed by atoms with Crippen LogP contribution in [-0.4, -0.2) is 50.9 Å². The Kier molecular flexibility index (Phi) is 20.9. The van der Waals surface area contributed by atoms with Crippen LogP contribution in [0.1, 0.15) is 60.3 Å². The molecule has 0 aliphatic heterocycles. The Labute approximate surface area is 165 Å². The van der Waals surface area contributed by atoms with Crippen LogP contribution in [-0.2, 0) is 4.79 Å². The maximum atomic E-state index is 10.7. The molecule has 0 saturated heterocycles. The van der Waals surface area contributed by atoms with Gasteiger partial charge in [0.05, 0.1) is 0 Å². The van der Waals surface area contributed by atoms with Crippen molar-refractivity contribution >= 4 is 6.29 Å². The molecule has 0 aliphatic rings. The normalized spacial score (nSPS) is 14.4. The second-order valence-corrected chi connectivity index (χ2v) is 6.02. The molecule has 1 N–H and O–H groups in total. The number of carbonyl (C=O) groups excluding carboxylic acids is 1. The van der Waals surface area contributed by atoms with Crippen molar-refractivity contribution < 1.29 is 24.7 Å². The fraction of sp³-hybridized carbons (Fsp3) is 0.824. The molecule has 0 rings (SSSR count). The SMILES string of the molecule is C/C=C/C=O.CCC(C(C)CC(O)C(CC)[N+](=O)[O-])[N+](=O)[O-].CCC[N+](=O)[O-]. The van der Waals surface area contributed by atoms with Crippen molar-refractivity contribution in [3.8, 4) is 0 Å². The van der Waals surface area contributed by atoms with E-state index in [4.69, 9.17) is 0 Å². The first-order valence-electron chi connectivity index (χ1n) is 9.16. The highest BCUT2D eigenvalue weighted by molar-refractivity contribution is 5.64. The molecule has 11 nitrogen and oxygen atoms in total. The Morgan fingerprint density at radius 1 is 0.964 bits per heavy atom. The molecule has 4 atom stereocenters. The summed E-state index contributed by atoms with van der Waals surface area (Å²) in [6.07, 6.45) is 4.05. The Hall–Kier alpha value is -2.43. The highest BCUT2D eigenvalue weighted by Crippen LogP contribution is 2.19. The molecule has 0 saturated carbocycles. The average Bonchev–Trinajstić information content (AvgIpc) is 2.57. The Balaban J connectivity index is -0.000000464. The molecule has 11 heteroatoms. The van der Waals surface area contributed by atoms with E-state index in [0.717, 1.165) is 6.29 Å². The standard InChI is InChI=1S/C10H20N2O5.C4H6O.C3H7NO2/c1-4-8(11(14)15)7(3)6-10(13)9(5-2)12(16)17;1-2-3-4-5;1-2-3-4(5)6/h7-10,13H,4-6H2,1-3H3;2-4H,1H3;2-3H2,1H3/b;3-2+;. The van der Waals surface area contributed by atoms with Crippen molar-refractivity contribution in [1.82, 2.24) is 0 Å². The molecular weight excluding hydrogens is 374 g/mol. The molecule has 0 aromatic heterocycles. The van der Waals surface area contributed by atoms with Crippen molar-refractivity contribution in [3.05, 3.63) is 42.5 Å². The third kappa shape index (κ3) is 17.0. The summed E-state index contributed by atoms with van der Waals surface area (Å²) in [4.78, 5) is 38.9. The van der Waals surface area contributed by atoms with E-state index in [0.29, 0.717) is 12.8 Å². The zero-order chi connectivity index (χ0) is 22.7. The van der Waals surface area contributed by atoms with Gasteiger partial charge in [0.25, 0.3) is 0 Å². The van der Waals surface area contributed by atoms with E-state index < -0.39 is 23.1 Å². The molecule has 0 aliphatic carbocycles. The molecule has 0 heterocycles. The van der Waals surface area contributed by atoms with Gasteiger partial charge in [-0.15, -0.1) is 0 Å². The van der Waals surface area contributed by atoms with E-state index in [1.165, 1.54) is 6.08 Å².